The second-order valence-electron chi connectivity index (χ2n) is 6.17. The fourth-order valence-electron chi connectivity index (χ4n) is 2.72. The summed E-state index contributed by atoms with van der Waals surface area (Å²) in [6, 6.07) is 23.9. The molecule has 0 radical (unpaired) electrons. The normalized spacial score (nSPS) is 10.3. The lowest BCUT2D eigenvalue weighted by molar-refractivity contribution is 0.0600. The number of aryl methyl sites for hydroxylation is 1. The zero-order valence-corrected chi connectivity index (χ0v) is 15.4. The molecule has 0 atom stereocenters. The van der Waals surface area contributed by atoms with Crippen molar-refractivity contribution in [3.63, 3.8) is 0 Å². The highest BCUT2D eigenvalue weighted by molar-refractivity contribution is 5.89. The molecule has 3 rings (SSSR count). The molecule has 3 aromatic rings. The third-order valence-electron chi connectivity index (χ3n) is 4.12. The summed E-state index contributed by atoms with van der Waals surface area (Å²) in [6.45, 7) is 2.10. The molecule has 2 nitrogen and oxygen atoms in total. The van der Waals surface area contributed by atoms with E-state index in [1.54, 1.807) is 12.1 Å². The summed E-state index contributed by atoms with van der Waals surface area (Å²) < 4.78 is 4.69. The van der Waals surface area contributed by atoms with E-state index in [2.05, 4.69) is 72.0 Å². The van der Waals surface area contributed by atoms with Crippen molar-refractivity contribution < 1.29 is 9.53 Å². The highest BCUT2D eigenvalue weighted by atomic mass is 16.5. The Morgan fingerprint density at radius 2 is 1.63 bits per heavy atom. The first kappa shape index (κ1) is 18.2. The molecule has 0 aliphatic carbocycles. The Bertz CT molecular complexity index is 1030. The molecular formula is C25H20O2. The second kappa shape index (κ2) is 8.69. The molecule has 0 unspecified atom stereocenters. The van der Waals surface area contributed by atoms with Crippen LogP contribution in [-0.4, -0.2) is 13.1 Å². The molecule has 0 saturated heterocycles. The summed E-state index contributed by atoms with van der Waals surface area (Å²) in [6.07, 6.45) is 3.83. The quantitative estimate of drug-likeness (QED) is 0.459. The number of allylic oxidation sites excluding steroid dienone is 1. The fraction of sp³-hybridized carbons (Fsp3) is 0.0800. The maximum atomic E-state index is 11.4. The van der Waals surface area contributed by atoms with Crippen molar-refractivity contribution in [2.75, 3.05) is 7.11 Å². The molecule has 0 spiro atoms. The molecule has 0 aromatic heterocycles. The number of carbonyl (C=O) groups is 1. The van der Waals surface area contributed by atoms with Gasteiger partial charge in [-0.3, -0.25) is 0 Å². The van der Waals surface area contributed by atoms with E-state index in [4.69, 9.17) is 0 Å². The third-order valence-corrected chi connectivity index (χ3v) is 4.12. The number of ether oxygens (including phenoxy) is 1. The van der Waals surface area contributed by atoms with Gasteiger partial charge in [0, 0.05) is 5.56 Å². The van der Waals surface area contributed by atoms with Crippen molar-refractivity contribution in [1.29, 1.82) is 0 Å². The average molecular weight is 352 g/mol. The van der Waals surface area contributed by atoms with Gasteiger partial charge in [-0.15, -0.1) is 0 Å². The lowest BCUT2D eigenvalue weighted by atomic mass is 10.0. The standard InChI is InChI=1S/C25H20O2/c1-19-7-5-11-23(17-19)24-12-6-10-21(18-24)9-4-3-8-20-13-15-22(16-14-20)25(26)27-2/h4-7,9-18H,1-2H3. The van der Waals surface area contributed by atoms with Gasteiger partial charge in [0.1, 0.15) is 0 Å². The number of rotatable bonds is 3. The number of esters is 1. The Morgan fingerprint density at radius 1 is 0.926 bits per heavy atom. The van der Waals surface area contributed by atoms with E-state index in [1.165, 1.54) is 23.8 Å². The average Bonchev–Trinajstić information content (AvgIpc) is 2.71. The van der Waals surface area contributed by atoms with Crippen LogP contribution in [0.5, 0.6) is 0 Å². The minimum absolute atomic E-state index is 0.345. The van der Waals surface area contributed by atoms with Crippen molar-refractivity contribution in [2.24, 2.45) is 0 Å². The number of carbonyl (C=O) groups excluding carboxylic acids is 1. The molecule has 0 N–H and O–H groups in total. The van der Waals surface area contributed by atoms with Gasteiger partial charge >= 0.3 is 5.97 Å². The minimum Gasteiger partial charge on any atom is -0.465 e. The monoisotopic (exact) mass is 352 g/mol. The highest BCUT2D eigenvalue weighted by Crippen LogP contribution is 2.21. The molecule has 0 fully saturated rings. The molecule has 0 amide bonds. The van der Waals surface area contributed by atoms with Crippen LogP contribution >= 0.6 is 0 Å². The van der Waals surface area contributed by atoms with Gasteiger partial charge in [0.05, 0.1) is 12.7 Å². The summed E-state index contributed by atoms with van der Waals surface area (Å²) in [5.74, 6) is 5.75. The molecule has 0 aliphatic heterocycles. The summed E-state index contributed by atoms with van der Waals surface area (Å²) in [7, 11) is 1.37. The predicted molar refractivity (Wildman–Crippen MR) is 110 cm³/mol. The molecule has 0 bridgehead atoms. The first-order valence-electron chi connectivity index (χ1n) is 8.69. The smallest absolute Gasteiger partial charge is 0.337 e. The van der Waals surface area contributed by atoms with Crippen molar-refractivity contribution in [3.05, 3.63) is 101 Å². The van der Waals surface area contributed by atoms with E-state index in [0.717, 1.165) is 11.1 Å². The predicted octanol–water partition coefficient (Wildman–Crippen LogP) is 5.51. The van der Waals surface area contributed by atoms with Gasteiger partial charge in [0.25, 0.3) is 0 Å². The van der Waals surface area contributed by atoms with Gasteiger partial charge in [0.15, 0.2) is 0 Å². The number of benzene rings is 3. The van der Waals surface area contributed by atoms with Crippen LogP contribution in [0, 0.1) is 18.8 Å². The van der Waals surface area contributed by atoms with Gasteiger partial charge < -0.3 is 4.74 Å². The van der Waals surface area contributed by atoms with Crippen LogP contribution in [0.3, 0.4) is 0 Å². The number of methoxy groups -OCH3 is 1. The fourth-order valence-corrected chi connectivity index (χ4v) is 2.72. The summed E-state index contributed by atoms with van der Waals surface area (Å²) in [4.78, 5) is 11.4. The van der Waals surface area contributed by atoms with Gasteiger partial charge in [-0.1, -0.05) is 59.9 Å². The van der Waals surface area contributed by atoms with Crippen LogP contribution in [0.4, 0.5) is 0 Å². The molecule has 2 heteroatoms. The Morgan fingerprint density at radius 3 is 2.33 bits per heavy atom. The zero-order valence-electron chi connectivity index (χ0n) is 15.4. The third kappa shape index (κ3) is 4.96. The summed E-state index contributed by atoms with van der Waals surface area (Å²) in [5, 5.41) is 0. The molecule has 132 valence electrons. The lowest BCUT2D eigenvalue weighted by Gasteiger charge is -2.04. The first-order valence-corrected chi connectivity index (χ1v) is 8.69. The van der Waals surface area contributed by atoms with Crippen LogP contribution < -0.4 is 0 Å². The summed E-state index contributed by atoms with van der Waals surface area (Å²) in [5.41, 5.74) is 6.11. The number of hydrogen-bond acceptors (Lipinski definition) is 2. The van der Waals surface area contributed by atoms with Gasteiger partial charge in [-0.2, -0.15) is 0 Å². The maximum absolute atomic E-state index is 11.4. The van der Waals surface area contributed by atoms with Crippen molar-refractivity contribution in [3.8, 4) is 23.0 Å². The minimum atomic E-state index is -0.345. The van der Waals surface area contributed by atoms with E-state index in [9.17, 15) is 4.79 Å². The Hall–Kier alpha value is -3.57. The SMILES string of the molecule is COC(=O)c1ccc(C#CC=Cc2cccc(-c3cccc(C)c3)c2)cc1. The molecule has 3 aromatic carbocycles. The second-order valence-corrected chi connectivity index (χ2v) is 6.17. The van der Waals surface area contributed by atoms with E-state index < -0.39 is 0 Å². The maximum Gasteiger partial charge on any atom is 0.337 e. The van der Waals surface area contributed by atoms with Crippen molar-refractivity contribution in [1.82, 2.24) is 0 Å². The molecule has 0 aliphatic rings. The number of hydrogen-bond donors (Lipinski definition) is 0. The van der Waals surface area contributed by atoms with Crippen molar-refractivity contribution in [2.45, 2.75) is 6.92 Å². The molecule has 0 saturated carbocycles. The Kier molecular flexibility index (Phi) is 5.87. The van der Waals surface area contributed by atoms with Crippen molar-refractivity contribution >= 4 is 12.0 Å². The zero-order chi connectivity index (χ0) is 19.1. The Labute approximate surface area is 160 Å². The van der Waals surface area contributed by atoms with Gasteiger partial charge in [-0.05, 0) is 66.1 Å². The van der Waals surface area contributed by atoms with Crippen LogP contribution in [0.15, 0.2) is 78.9 Å². The van der Waals surface area contributed by atoms with E-state index in [-0.39, 0.29) is 5.97 Å². The molecule has 0 heterocycles. The van der Waals surface area contributed by atoms with Crippen LogP contribution in [0.2, 0.25) is 0 Å². The highest BCUT2D eigenvalue weighted by Gasteiger charge is 2.03. The summed E-state index contributed by atoms with van der Waals surface area (Å²) >= 11 is 0. The van der Waals surface area contributed by atoms with E-state index in [0.29, 0.717) is 5.56 Å². The molecule has 27 heavy (non-hydrogen) atoms. The topological polar surface area (TPSA) is 26.3 Å². The largest absolute Gasteiger partial charge is 0.465 e. The van der Waals surface area contributed by atoms with Gasteiger partial charge in [-0.25, -0.2) is 4.79 Å². The van der Waals surface area contributed by atoms with Crippen LogP contribution in [0.1, 0.15) is 27.0 Å². The first-order chi connectivity index (χ1) is 13.2. The molecular weight excluding hydrogens is 332 g/mol. The van der Waals surface area contributed by atoms with E-state index in [1.807, 2.05) is 24.3 Å². The lowest BCUT2D eigenvalue weighted by Crippen LogP contribution is -2.00. The van der Waals surface area contributed by atoms with Crippen LogP contribution in [0.25, 0.3) is 17.2 Å². The van der Waals surface area contributed by atoms with E-state index >= 15 is 0 Å². The van der Waals surface area contributed by atoms with Crippen LogP contribution in [-0.2, 0) is 4.74 Å². The van der Waals surface area contributed by atoms with Gasteiger partial charge in [0.2, 0.25) is 0 Å². The Balaban J connectivity index is 1.71.